The number of nitrogens with one attached hydrogen (secondary N) is 3. The average molecular weight is 460 g/mol. The molecule has 3 amide bonds. The molecule has 7 nitrogen and oxygen atoms in total. The van der Waals surface area contributed by atoms with Gasteiger partial charge < -0.3 is 16.0 Å². The van der Waals surface area contributed by atoms with E-state index < -0.39 is 12.1 Å². The van der Waals surface area contributed by atoms with Gasteiger partial charge in [0.15, 0.2) is 0 Å². The van der Waals surface area contributed by atoms with Crippen LogP contribution in [-0.2, 0) is 11.3 Å². The summed E-state index contributed by atoms with van der Waals surface area (Å²) in [5.41, 5.74) is 1.45. The predicted octanol–water partition coefficient (Wildman–Crippen LogP) is 5.02. The van der Waals surface area contributed by atoms with E-state index in [-0.39, 0.29) is 11.8 Å². The van der Waals surface area contributed by atoms with Crippen molar-refractivity contribution in [2.75, 3.05) is 10.6 Å². The molecule has 162 valence electrons. The van der Waals surface area contributed by atoms with Gasteiger partial charge in [-0.25, -0.2) is 9.48 Å². The highest BCUT2D eigenvalue weighted by Crippen LogP contribution is 2.23. The molecule has 0 aliphatic heterocycles. The number of halogens is 2. The number of hydrogen-bond acceptors (Lipinski definition) is 3. The van der Waals surface area contributed by atoms with E-state index in [9.17, 15) is 9.59 Å². The third kappa shape index (κ3) is 6.23. The SMILES string of the molecule is CC(C)C(NC(=O)Nc1ccccc1)C(=O)Nc1ccnn1Cc1ccc(Cl)cc1Cl. The molecule has 9 heteroatoms. The van der Waals surface area contributed by atoms with E-state index >= 15 is 0 Å². The van der Waals surface area contributed by atoms with Crippen molar-refractivity contribution in [1.29, 1.82) is 0 Å². The average Bonchev–Trinajstić information content (AvgIpc) is 3.15. The molecule has 0 aliphatic carbocycles. The number of benzene rings is 2. The molecule has 0 radical (unpaired) electrons. The highest BCUT2D eigenvalue weighted by Gasteiger charge is 2.25. The summed E-state index contributed by atoms with van der Waals surface area (Å²) in [6.07, 6.45) is 1.58. The van der Waals surface area contributed by atoms with Gasteiger partial charge in [0.05, 0.1) is 12.7 Å². The van der Waals surface area contributed by atoms with E-state index in [1.807, 2.05) is 38.1 Å². The molecule has 3 N–H and O–H groups in total. The molecule has 1 atom stereocenters. The van der Waals surface area contributed by atoms with E-state index in [2.05, 4.69) is 21.0 Å². The molecule has 0 saturated carbocycles. The Hall–Kier alpha value is -3.03. The summed E-state index contributed by atoms with van der Waals surface area (Å²) in [4.78, 5) is 25.3. The van der Waals surface area contributed by atoms with Gasteiger partial charge in [-0.05, 0) is 35.7 Å². The van der Waals surface area contributed by atoms with Crippen LogP contribution >= 0.6 is 23.2 Å². The van der Waals surface area contributed by atoms with Crippen LogP contribution in [-0.4, -0.2) is 27.8 Å². The number of anilines is 2. The van der Waals surface area contributed by atoms with Crippen molar-refractivity contribution in [1.82, 2.24) is 15.1 Å². The van der Waals surface area contributed by atoms with Gasteiger partial charge in [-0.1, -0.05) is 61.3 Å². The number of carbonyl (C=O) groups excluding carboxylic acids is 2. The molecule has 1 heterocycles. The first-order valence-corrected chi connectivity index (χ1v) is 10.5. The van der Waals surface area contributed by atoms with Gasteiger partial charge in [0.25, 0.3) is 0 Å². The molecule has 0 saturated heterocycles. The minimum Gasteiger partial charge on any atom is -0.326 e. The Morgan fingerprint density at radius 2 is 1.77 bits per heavy atom. The normalized spacial score (nSPS) is 11.8. The van der Waals surface area contributed by atoms with Crippen LogP contribution in [0, 0.1) is 5.92 Å². The Morgan fingerprint density at radius 1 is 1.03 bits per heavy atom. The van der Waals surface area contributed by atoms with E-state index in [1.54, 1.807) is 41.2 Å². The van der Waals surface area contributed by atoms with E-state index in [0.717, 1.165) is 5.56 Å². The molecule has 0 fully saturated rings. The Labute approximate surface area is 190 Å². The summed E-state index contributed by atoms with van der Waals surface area (Å²) in [6.45, 7) is 4.07. The van der Waals surface area contributed by atoms with Gasteiger partial charge in [0.1, 0.15) is 11.9 Å². The second-order valence-electron chi connectivity index (χ2n) is 7.29. The van der Waals surface area contributed by atoms with Gasteiger partial charge >= 0.3 is 6.03 Å². The molecule has 0 aliphatic rings. The highest BCUT2D eigenvalue weighted by atomic mass is 35.5. The van der Waals surface area contributed by atoms with Crippen LogP contribution in [0.4, 0.5) is 16.3 Å². The van der Waals surface area contributed by atoms with Gasteiger partial charge in [0.2, 0.25) is 5.91 Å². The molecule has 1 aromatic heterocycles. The first-order valence-electron chi connectivity index (χ1n) is 9.72. The topological polar surface area (TPSA) is 88.1 Å². The molecular formula is C22H23Cl2N5O2. The zero-order valence-corrected chi connectivity index (χ0v) is 18.6. The summed E-state index contributed by atoms with van der Waals surface area (Å²) in [5, 5.41) is 13.6. The number of nitrogens with zero attached hydrogens (tertiary/aromatic N) is 2. The monoisotopic (exact) mass is 459 g/mol. The maximum atomic E-state index is 12.9. The third-order valence-corrected chi connectivity index (χ3v) is 5.16. The summed E-state index contributed by atoms with van der Waals surface area (Å²) in [6, 6.07) is 14.7. The van der Waals surface area contributed by atoms with Crippen LogP contribution in [0.3, 0.4) is 0 Å². The number of rotatable bonds is 7. The maximum absolute atomic E-state index is 12.9. The Bertz CT molecular complexity index is 1050. The van der Waals surface area contributed by atoms with Crippen molar-refractivity contribution < 1.29 is 9.59 Å². The summed E-state index contributed by atoms with van der Waals surface area (Å²) in [7, 11) is 0. The van der Waals surface area contributed by atoms with Gasteiger partial charge in [-0.3, -0.25) is 4.79 Å². The Balaban J connectivity index is 1.67. The minimum atomic E-state index is -0.744. The first-order chi connectivity index (χ1) is 14.8. The lowest BCUT2D eigenvalue weighted by Crippen LogP contribution is -2.48. The number of hydrogen-bond donors (Lipinski definition) is 3. The molecule has 31 heavy (non-hydrogen) atoms. The van der Waals surface area contributed by atoms with Crippen molar-refractivity contribution >= 4 is 46.6 Å². The van der Waals surface area contributed by atoms with Crippen LogP contribution in [0.25, 0.3) is 0 Å². The quantitative estimate of drug-likeness (QED) is 0.463. The number of para-hydroxylation sites is 1. The fourth-order valence-electron chi connectivity index (χ4n) is 2.94. The molecule has 3 aromatic rings. The van der Waals surface area contributed by atoms with E-state index in [1.165, 1.54) is 0 Å². The maximum Gasteiger partial charge on any atom is 0.319 e. The van der Waals surface area contributed by atoms with Gasteiger partial charge in [0, 0.05) is 21.8 Å². The van der Waals surface area contributed by atoms with Crippen molar-refractivity contribution in [2.45, 2.75) is 26.4 Å². The zero-order chi connectivity index (χ0) is 22.4. The first kappa shape index (κ1) is 22.7. The molecule has 2 aromatic carbocycles. The summed E-state index contributed by atoms with van der Waals surface area (Å²) in [5.74, 6) is 0.0118. The lowest BCUT2D eigenvalue weighted by atomic mass is 10.0. The van der Waals surface area contributed by atoms with Crippen LogP contribution in [0.1, 0.15) is 19.4 Å². The molecule has 3 rings (SSSR count). The fourth-order valence-corrected chi connectivity index (χ4v) is 3.41. The van der Waals surface area contributed by atoms with Crippen molar-refractivity contribution in [2.24, 2.45) is 5.92 Å². The molecule has 1 unspecified atom stereocenters. The van der Waals surface area contributed by atoms with Crippen LogP contribution in [0.15, 0.2) is 60.8 Å². The summed E-state index contributed by atoms with van der Waals surface area (Å²) >= 11 is 12.2. The van der Waals surface area contributed by atoms with Crippen LogP contribution in [0.5, 0.6) is 0 Å². The fraction of sp³-hybridized carbons (Fsp3) is 0.227. The van der Waals surface area contributed by atoms with Crippen molar-refractivity contribution in [3.63, 3.8) is 0 Å². The molecule has 0 bridgehead atoms. The third-order valence-electron chi connectivity index (χ3n) is 4.57. The Morgan fingerprint density at radius 3 is 2.45 bits per heavy atom. The molecule has 0 spiro atoms. The van der Waals surface area contributed by atoms with Crippen LogP contribution < -0.4 is 16.0 Å². The van der Waals surface area contributed by atoms with E-state index in [4.69, 9.17) is 23.2 Å². The Kier molecular flexibility index (Phi) is 7.55. The summed E-state index contributed by atoms with van der Waals surface area (Å²) < 4.78 is 1.62. The van der Waals surface area contributed by atoms with Crippen LogP contribution in [0.2, 0.25) is 10.0 Å². The standard InChI is InChI=1S/C22H23Cl2N5O2/c1-14(2)20(28-22(31)26-17-6-4-3-5-7-17)21(30)27-19-10-11-25-29(19)13-15-8-9-16(23)12-18(15)24/h3-12,14,20H,13H2,1-2H3,(H,27,30)(H2,26,28,31). The largest absolute Gasteiger partial charge is 0.326 e. The number of carbonyl (C=O) groups is 2. The lowest BCUT2D eigenvalue weighted by molar-refractivity contribution is -0.118. The van der Waals surface area contributed by atoms with E-state index in [0.29, 0.717) is 28.1 Å². The van der Waals surface area contributed by atoms with Crippen molar-refractivity contribution in [3.05, 3.63) is 76.4 Å². The highest BCUT2D eigenvalue weighted by molar-refractivity contribution is 6.35. The zero-order valence-electron chi connectivity index (χ0n) is 17.1. The number of aromatic nitrogens is 2. The lowest BCUT2D eigenvalue weighted by Gasteiger charge is -2.22. The minimum absolute atomic E-state index is 0.136. The second kappa shape index (κ2) is 10.3. The van der Waals surface area contributed by atoms with Gasteiger partial charge in [-0.15, -0.1) is 0 Å². The van der Waals surface area contributed by atoms with Crippen molar-refractivity contribution in [3.8, 4) is 0 Å². The number of amides is 3. The second-order valence-corrected chi connectivity index (χ2v) is 8.13. The molecular weight excluding hydrogens is 437 g/mol. The smallest absolute Gasteiger partial charge is 0.319 e. The number of urea groups is 1. The van der Waals surface area contributed by atoms with Gasteiger partial charge in [-0.2, -0.15) is 5.10 Å². The predicted molar refractivity (Wildman–Crippen MR) is 124 cm³/mol.